The van der Waals surface area contributed by atoms with Gasteiger partial charge < -0.3 is 19.5 Å². The maximum absolute atomic E-state index is 13.2. The molecule has 4 heterocycles. The third kappa shape index (κ3) is 4.31. The van der Waals surface area contributed by atoms with Crippen LogP contribution in [0.25, 0.3) is 0 Å². The number of fused-ring (bicyclic) bond motifs is 4. The van der Waals surface area contributed by atoms with Crippen molar-refractivity contribution in [2.75, 3.05) is 25.5 Å². The minimum absolute atomic E-state index is 0.0755. The molecule has 2 aliphatic rings. The smallest absolute Gasteiger partial charge is 0.274 e. The van der Waals surface area contributed by atoms with Gasteiger partial charge in [0.25, 0.3) is 11.5 Å². The molecule has 3 aromatic rings. The van der Waals surface area contributed by atoms with Gasteiger partial charge >= 0.3 is 0 Å². The first-order chi connectivity index (χ1) is 16.5. The molecule has 8 heteroatoms. The number of ether oxygens (including phenoxy) is 1. The number of nitrogens with one attached hydrogen (secondary N) is 1. The number of rotatable bonds is 5. The van der Waals surface area contributed by atoms with Crippen LogP contribution >= 0.6 is 0 Å². The monoisotopic (exact) mass is 458 g/mol. The molecule has 0 aliphatic carbocycles. The Morgan fingerprint density at radius 2 is 1.88 bits per heavy atom. The Hall–Kier alpha value is -3.94. The number of likely N-dealkylation sites (tertiary alicyclic amines) is 1. The van der Waals surface area contributed by atoms with Crippen molar-refractivity contribution in [1.82, 2.24) is 14.5 Å². The Bertz CT molecular complexity index is 1270. The number of carbonyl (C=O) groups excluding carboxylic acids is 2. The number of aromatic nitrogens is 2. The van der Waals surface area contributed by atoms with Crippen molar-refractivity contribution in [3.8, 4) is 5.75 Å². The molecule has 0 radical (unpaired) electrons. The van der Waals surface area contributed by atoms with Gasteiger partial charge in [-0.1, -0.05) is 18.2 Å². The van der Waals surface area contributed by atoms with Crippen LogP contribution < -0.4 is 15.6 Å². The molecule has 2 bridgehead atoms. The second kappa shape index (κ2) is 9.13. The van der Waals surface area contributed by atoms with Crippen LogP contribution in [-0.4, -0.2) is 46.5 Å². The quantitative estimate of drug-likeness (QED) is 0.635. The van der Waals surface area contributed by atoms with E-state index in [1.165, 1.54) is 0 Å². The van der Waals surface area contributed by atoms with Crippen LogP contribution in [0.2, 0.25) is 0 Å². The van der Waals surface area contributed by atoms with Crippen LogP contribution in [0.4, 0.5) is 5.69 Å². The summed E-state index contributed by atoms with van der Waals surface area (Å²) < 4.78 is 6.91. The van der Waals surface area contributed by atoms with Crippen molar-refractivity contribution in [3.05, 3.63) is 88.1 Å². The van der Waals surface area contributed by atoms with E-state index in [1.807, 2.05) is 29.2 Å². The van der Waals surface area contributed by atoms with Gasteiger partial charge in [0.05, 0.1) is 13.5 Å². The summed E-state index contributed by atoms with van der Waals surface area (Å²) >= 11 is 0. The van der Waals surface area contributed by atoms with Gasteiger partial charge in [0, 0.05) is 37.4 Å². The second-order valence-electron chi connectivity index (χ2n) is 8.88. The van der Waals surface area contributed by atoms with Crippen LogP contribution in [0.3, 0.4) is 0 Å². The lowest BCUT2D eigenvalue weighted by Crippen LogP contribution is -2.49. The highest BCUT2D eigenvalue weighted by molar-refractivity contribution is 5.93. The summed E-state index contributed by atoms with van der Waals surface area (Å²) in [4.78, 5) is 44.7. The molecule has 1 N–H and O–H groups in total. The fourth-order valence-electron chi connectivity index (χ4n) is 4.98. The first kappa shape index (κ1) is 21.9. The first-order valence-electron chi connectivity index (χ1n) is 11.4. The summed E-state index contributed by atoms with van der Waals surface area (Å²) in [5.74, 6) is 0.668. The number of benzene rings is 1. The van der Waals surface area contributed by atoms with Gasteiger partial charge in [-0.3, -0.25) is 19.4 Å². The number of piperidine rings is 1. The molecule has 2 atom stereocenters. The largest absolute Gasteiger partial charge is 0.497 e. The fraction of sp³-hybridized carbons (Fsp3) is 0.308. The summed E-state index contributed by atoms with van der Waals surface area (Å²) in [6.45, 7) is 1.67. The van der Waals surface area contributed by atoms with Crippen molar-refractivity contribution in [2.24, 2.45) is 5.92 Å². The van der Waals surface area contributed by atoms with Gasteiger partial charge in [-0.05, 0) is 54.3 Å². The van der Waals surface area contributed by atoms with E-state index in [0.29, 0.717) is 25.3 Å². The third-order valence-corrected chi connectivity index (χ3v) is 6.57. The average molecular weight is 459 g/mol. The normalized spacial score (nSPS) is 18.7. The molecule has 174 valence electrons. The molecule has 2 aliphatic heterocycles. The van der Waals surface area contributed by atoms with Crippen LogP contribution in [-0.2, 0) is 17.8 Å². The third-order valence-electron chi connectivity index (χ3n) is 6.57. The molecular weight excluding hydrogens is 432 g/mol. The summed E-state index contributed by atoms with van der Waals surface area (Å²) in [6.07, 6.45) is 2.73. The summed E-state index contributed by atoms with van der Waals surface area (Å²) in [5, 5.41) is 2.78. The zero-order chi connectivity index (χ0) is 23.7. The number of hydrogen-bond acceptors (Lipinski definition) is 5. The highest BCUT2D eigenvalue weighted by Crippen LogP contribution is 2.35. The molecule has 2 aromatic heterocycles. The zero-order valence-corrected chi connectivity index (χ0v) is 18.9. The van der Waals surface area contributed by atoms with Gasteiger partial charge in [0.2, 0.25) is 5.91 Å². The molecule has 1 saturated heterocycles. The minimum atomic E-state index is -0.244. The number of anilines is 1. The molecule has 34 heavy (non-hydrogen) atoms. The Morgan fingerprint density at radius 3 is 2.62 bits per heavy atom. The summed E-state index contributed by atoms with van der Waals surface area (Å²) in [7, 11) is 1.59. The molecule has 0 spiro atoms. The fourth-order valence-corrected chi connectivity index (χ4v) is 4.98. The number of nitrogens with zero attached hydrogens (tertiary/aromatic N) is 3. The molecule has 2 unspecified atom stereocenters. The molecule has 1 aromatic carbocycles. The molecular formula is C26H26N4O4. The SMILES string of the molecule is COc1ccc(CC(=O)Nc2ccc3n(c2=O)CC2CC3CN(C(=O)c3ccccn3)C2)cc1. The van der Waals surface area contributed by atoms with E-state index in [9.17, 15) is 14.4 Å². The number of pyridine rings is 2. The van der Waals surface area contributed by atoms with E-state index in [-0.39, 0.29) is 41.3 Å². The van der Waals surface area contributed by atoms with E-state index in [4.69, 9.17) is 4.74 Å². The molecule has 5 rings (SSSR count). The van der Waals surface area contributed by atoms with Gasteiger partial charge in [-0.2, -0.15) is 0 Å². The number of methoxy groups -OCH3 is 1. The summed E-state index contributed by atoms with van der Waals surface area (Å²) in [6, 6.07) is 16.2. The highest BCUT2D eigenvalue weighted by atomic mass is 16.5. The van der Waals surface area contributed by atoms with Gasteiger partial charge in [0.1, 0.15) is 17.1 Å². The molecule has 1 fully saturated rings. The standard InChI is InChI=1S/C26H26N4O4/c1-34-20-7-5-17(6-8-20)13-24(31)28-22-9-10-23-19-12-18(15-30(23)26(22)33)14-29(16-19)25(32)21-4-2-3-11-27-21/h2-11,18-19H,12-16H2,1H3,(H,28,31). The Kier molecular flexibility index (Phi) is 5.88. The average Bonchev–Trinajstić information content (AvgIpc) is 2.86. The van der Waals surface area contributed by atoms with Crippen molar-refractivity contribution in [3.63, 3.8) is 0 Å². The minimum Gasteiger partial charge on any atom is -0.497 e. The van der Waals surface area contributed by atoms with E-state index >= 15 is 0 Å². The molecule has 2 amide bonds. The first-order valence-corrected chi connectivity index (χ1v) is 11.4. The van der Waals surface area contributed by atoms with Crippen LogP contribution in [0.1, 0.15) is 34.1 Å². The van der Waals surface area contributed by atoms with E-state index in [2.05, 4.69) is 10.3 Å². The van der Waals surface area contributed by atoms with E-state index < -0.39 is 0 Å². The second-order valence-corrected chi connectivity index (χ2v) is 8.88. The van der Waals surface area contributed by atoms with Crippen molar-refractivity contribution >= 4 is 17.5 Å². The van der Waals surface area contributed by atoms with Gasteiger partial charge in [-0.25, -0.2) is 0 Å². The summed E-state index contributed by atoms with van der Waals surface area (Å²) in [5.41, 5.74) is 2.27. The number of hydrogen-bond donors (Lipinski definition) is 1. The van der Waals surface area contributed by atoms with Gasteiger partial charge in [0.15, 0.2) is 0 Å². The number of carbonyl (C=O) groups is 2. The van der Waals surface area contributed by atoms with Crippen molar-refractivity contribution in [2.45, 2.75) is 25.3 Å². The van der Waals surface area contributed by atoms with E-state index in [0.717, 1.165) is 23.4 Å². The molecule has 0 saturated carbocycles. The van der Waals surface area contributed by atoms with Crippen LogP contribution in [0.5, 0.6) is 5.75 Å². The lowest BCUT2D eigenvalue weighted by molar-refractivity contribution is -0.115. The Balaban J connectivity index is 1.31. The highest BCUT2D eigenvalue weighted by Gasteiger charge is 2.37. The predicted molar refractivity (Wildman–Crippen MR) is 127 cm³/mol. The maximum atomic E-state index is 13.2. The maximum Gasteiger partial charge on any atom is 0.274 e. The predicted octanol–water partition coefficient (Wildman–Crippen LogP) is 2.69. The number of amides is 2. The van der Waals surface area contributed by atoms with Crippen LogP contribution in [0.15, 0.2) is 65.6 Å². The molecule has 8 nitrogen and oxygen atoms in total. The van der Waals surface area contributed by atoms with Crippen molar-refractivity contribution < 1.29 is 14.3 Å². The Labute approximate surface area is 197 Å². The van der Waals surface area contributed by atoms with Crippen LogP contribution in [0, 0.1) is 5.92 Å². The Morgan fingerprint density at radius 1 is 1.06 bits per heavy atom. The van der Waals surface area contributed by atoms with Gasteiger partial charge in [-0.15, -0.1) is 0 Å². The lowest BCUT2D eigenvalue weighted by atomic mass is 9.83. The lowest BCUT2D eigenvalue weighted by Gasteiger charge is -2.42. The van der Waals surface area contributed by atoms with E-state index in [1.54, 1.807) is 48.2 Å². The van der Waals surface area contributed by atoms with Crippen molar-refractivity contribution in [1.29, 1.82) is 0 Å². The zero-order valence-electron chi connectivity index (χ0n) is 18.9. The topological polar surface area (TPSA) is 93.5 Å².